The average Bonchev–Trinajstić information content (AvgIpc) is 1.65. The fourth-order valence-electron chi connectivity index (χ4n) is 0.907. The minimum absolute atomic E-state index is 0. The van der Waals surface area contributed by atoms with E-state index >= 15 is 0 Å². The van der Waals surface area contributed by atoms with Crippen LogP contribution in [0.5, 0.6) is 0 Å². The number of nitrogens with one attached hydrogen (secondary N) is 1. The first-order chi connectivity index (χ1) is 3.86. The molecule has 0 radical (unpaired) electrons. The first-order valence-electron chi connectivity index (χ1n) is 2.84. The van der Waals surface area contributed by atoms with E-state index in [1.54, 1.807) is 0 Å². The van der Waals surface area contributed by atoms with Gasteiger partial charge in [0.25, 0.3) is 0 Å². The minimum atomic E-state index is 0. The van der Waals surface area contributed by atoms with Crippen LogP contribution in [0, 0.1) is 0 Å². The highest BCUT2D eigenvalue weighted by Gasteiger charge is 2.25. The third-order valence-corrected chi connectivity index (χ3v) is 1.48. The lowest BCUT2D eigenvalue weighted by Crippen LogP contribution is -2.55. The third kappa shape index (κ3) is 2.10. The fraction of sp³-hybridized carbons (Fsp3) is 1.00. The molecule has 1 heterocycles. The van der Waals surface area contributed by atoms with Crippen LogP contribution < -0.4 is 5.32 Å². The van der Waals surface area contributed by atoms with Gasteiger partial charge < -0.3 is 15.5 Å². The van der Waals surface area contributed by atoms with E-state index in [0.717, 1.165) is 6.42 Å². The van der Waals surface area contributed by atoms with Crippen molar-refractivity contribution >= 4 is 12.4 Å². The molecule has 1 aliphatic heterocycles. The van der Waals surface area contributed by atoms with Gasteiger partial charge >= 0.3 is 0 Å². The molecule has 1 rings (SSSR count). The summed E-state index contributed by atoms with van der Waals surface area (Å²) in [7, 11) is 0. The second-order valence-corrected chi connectivity index (χ2v) is 2.16. The van der Waals surface area contributed by atoms with Gasteiger partial charge in [-0.1, -0.05) is 0 Å². The lowest BCUT2D eigenvalue weighted by molar-refractivity contribution is 0.114. The maximum atomic E-state index is 8.46. The van der Waals surface area contributed by atoms with E-state index in [4.69, 9.17) is 10.2 Å². The molecule has 3 N–H and O–H groups in total. The van der Waals surface area contributed by atoms with Crippen molar-refractivity contribution < 1.29 is 10.2 Å². The van der Waals surface area contributed by atoms with E-state index in [2.05, 4.69) is 5.32 Å². The van der Waals surface area contributed by atoms with Gasteiger partial charge in [-0.3, -0.25) is 0 Å². The Morgan fingerprint density at radius 3 is 1.78 bits per heavy atom. The summed E-state index contributed by atoms with van der Waals surface area (Å²) in [6.45, 7) is 0.382. The van der Waals surface area contributed by atoms with Crippen molar-refractivity contribution in [2.75, 3.05) is 13.2 Å². The Bertz CT molecular complexity index is 67.4. The summed E-state index contributed by atoms with van der Waals surface area (Å²) in [6.07, 6.45) is 0.910. The maximum absolute atomic E-state index is 8.46. The lowest BCUT2D eigenvalue weighted by atomic mass is 9.99. The molecule has 0 aromatic heterocycles. The molecule has 9 heavy (non-hydrogen) atoms. The highest BCUT2D eigenvalue weighted by molar-refractivity contribution is 5.85. The molecule has 0 spiro atoms. The second-order valence-electron chi connectivity index (χ2n) is 2.16. The quantitative estimate of drug-likeness (QED) is 0.483. The van der Waals surface area contributed by atoms with Crippen LogP contribution in [-0.4, -0.2) is 35.5 Å². The number of rotatable bonds is 2. The highest BCUT2D eigenvalue weighted by atomic mass is 35.5. The van der Waals surface area contributed by atoms with Crippen LogP contribution in [0.15, 0.2) is 0 Å². The van der Waals surface area contributed by atoms with Crippen LogP contribution in [0.4, 0.5) is 0 Å². The zero-order valence-corrected chi connectivity index (χ0v) is 5.90. The van der Waals surface area contributed by atoms with Crippen LogP contribution in [0.25, 0.3) is 0 Å². The Labute approximate surface area is 60.5 Å². The predicted octanol–water partition coefficient (Wildman–Crippen LogP) is -0.877. The fourth-order valence-corrected chi connectivity index (χ4v) is 0.907. The molecule has 2 atom stereocenters. The van der Waals surface area contributed by atoms with Gasteiger partial charge in [0.05, 0.1) is 13.2 Å². The Morgan fingerprint density at radius 1 is 1.22 bits per heavy atom. The second kappa shape index (κ2) is 4.06. The monoisotopic (exact) mass is 153 g/mol. The largest absolute Gasteiger partial charge is 0.395 e. The van der Waals surface area contributed by atoms with Crippen molar-refractivity contribution in [3.63, 3.8) is 0 Å². The number of aliphatic hydroxyl groups excluding tert-OH is 2. The summed E-state index contributed by atoms with van der Waals surface area (Å²) >= 11 is 0. The molecule has 0 amide bonds. The first kappa shape index (κ1) is 9.17. The minimum Gasteiger partial charge on any atom is -0.395 e. The smallest absolute Gasteiger partial charge is 0.0585 e. The summed E-state index contributed by atoms with van der Waals surface area (Å²) in [5, 5.41) is 19.9. The van der Waals surface area contributed by atoms with Gasteiger partial charge in [-0.15, -0.1) is 12.4 Å². The van der Waals surface area contributed by atoms with E-state index in [9.17, 15) is 0 Å². The number of hydrogen-bond donors (Lipinski definition) is 3. The Hall–Kier alpha value is 0.170. The van der Waals surface area contributed by atoms with Crippen LogP contribution in [-0.2, 0) is 0 Å². The Kier molecular flexibility index (Phi) is 4.14. The number of hydrogen-bond acceptors (Lipinski definition) is 3. The standard InChI is InChI=1S/C5H11NO2.ClH/c7-2-4-1-5(3-8)6-4;/h4-8H,1-3H2;1H/t4-,5+;. The molecule has 0 unspecified atom stereocenters. The van der Waals surface area contributed by atoms with E-state index < -0.39 is 0 Å². The molecule has 0 aromatic carbocycles. The van der Waals surface area contributed by atoms with E-state index in [-0.39, 0.29) is 37.7 Å². The first-order valence-corrected chi connectivity index (χ1v) is 2.84. The predicted molar refractivity (Wildman–Crippen MR) is 36.7 cm³/mol. The van der Waals surface area contributed by atoms with E-state index in [1.807, 2.05) is 0 Å². The van der Waals surface area contributed by atoms with Crippen molar-refractivity contribution in [2.45, 2.75) is 18.5 Å². The topological polar surface area (TPSA) is 52.5 Å². The number of aliphatic hydroxyl groups is 2. The summed E-state index contributed by atoms with van der Waals surface area (Å²) in [5.74, 6) is 0. The van der Waals surface area contributed by atoms with Crippen LogP contribution >= 0.6 is 12.4 Å². The molecule has 1 fully saturated rings. The van der Waals surface area contributed by atoms with Gasteiger partial charge in [-0.2, -0.15) is 0 Å². The summed E-state index contributed by atoms with van der Waals surface area (Å²) in [4.78, 5) is 0. The summed E-state index contributed by atoms with van der Waals surface area (Å²) in [6, 6.07) is 0.485. The van der Waals surface area contributed by atoms with Crippen molar-refractivity contribution in [3.8, 4) is 0 Å². The summed E-state index contributed by atoms with van der Waals surface area (Å²) < 4.78 is 0. The van der Waals surface area contributed by atoms with E-state index in [1.165, 1.54) is 0 Å². The molecular weight excluding hydrogens is 142 g/mol. The molecule has 56 valence electrons. The Balaban J connectivity index is 0.000000640. The van der Waals surface area contributed by atoms with Crippen LogP contribution in [0.3, 0.4) is 0 Å². The van der Waals surface area contributed by atoms with Gasteiger partial charge in [0.1, 0.15) is 0 Å². The van der Waals surface area contributed by atoms with Crippen LogP contribution in [0.2, 0.25) is 0 Å². The van der Waals surface area contributed by atoms with Gasteiger partial charge in [0.2, 0.25) is 0 Å². The number of halogens is 1. The molecule has 0 saturated carbocycles. The molecule has 0 aromatic rings. The molecule has 1 saturated heterocycles. The average molecular weight is 154 g/mol. The van der Waals surface area contributed by atoms with Crippen molar-refractivity contribution in [1.29, 1.82) is 0 Å². The van der Waals surface area contributed by atoms with Gasteiger partial charge in [0, 0.05) is 12.1 Å². The molecule has 0 aliphatic carbocycles. The van der Waals surface area contributed by atoms with Crippen molar-refractivity contribution in [1.82, 2.24) is 5.32 Å². The summed E-state index contributed by atoms with van der Waals surface area (Å²) in [5.41, 5.74) is 0. The molecular formula is C5H12ClNO2. The zero-order chi connectivity index (χ0) is 5.98. The molecule has 1 aliphatic rings. The highest BCUT2D eigenvalue weighted by Crippen LogP contribution is 2.08. The van der Waals surface area contributed by atoms with Gasteiger partial charge in [0.15, 0.2) is 0 Å². The van der Waals surface area contributed by atoms with Crippen LogP contribution in [0.1, 0.15) is 6.42 Å². The molecule has 0 bridgehead atoms. The Morgan fingerprint density at radius 2 is 1.56 bits per heavy atom. The SMILES string of the molecule is Cl.OC[C@@H]1C[C@H](CO)N1. The normalized spacial score (nSPS) is 32.7. The van der Waals surface area contributed by atoms with Gasteiger partial charge in [-0.05, 0) is 6.42 Å². The van der Waals surface area contributed by atoms with Crippen molar-refractivity contribution in [2.24, 2.45) is 0 Å². The molecule has 3 nitrogen and oxygen atoms in total. The van der Waals surface area contributed by atoms with E-state index in [0.29, 0.717) is 0 Å². The third-order valence-electron chi connectivity index (χ3n) is 1.48. The van der Waals surface area contributed by atoms with Gasteiger partial charge in [-0.25, -0.2) is 0 Å². The lowest BCUT2D eigenvalue weighted by Gasteiger charge is -2.34. The maximum Gasteiger partial charge on any atom is 0.0585 e. The van der Waals surface area contributed by atoms with Crippen molar-refractivity contribution in [3.05, 3.63) is 0 Å². The zero-order valence-electron chi connectivity index (χ0n) is 5.08. The molecule has 4 heteroatoms.